The van der Waals surface area contributed by atoms with Crippen LogP contribution in [0.25, 0.3) is 59.5 Å². The predicted molar refractivity (Wildman–Crippen MR) is 229 cm³/mol. The number of thiophene rings is 1. The van der Waals surface area contributed by atoms with Gasteiger partial charge in [-0.2, -0.15) is 0 Å². The quantitative estimate of drug-likeness (QED) is 0.168. The van der Waals surface area contributed by atoms with Crippen LogP contribution in [0.5, 0.6) is 0 Å². The summed E-state index contributed by atoms with van der Waals surface area (Å²) >= 11 is 1.90. The molecular weight excluding hydrogens is 659 g/mol. The standard InChI is InChI=1S/C51H43NS/c1-32-16-19-36(20-17-32)38-23-26-44-43-25-22-37(35-10-5-4-6-11-35)30-47(43)52(48(44)31-38)40-24-27-41(34(3)28-40)46-29-39(21-18-33(46)2)42-13-9-15-50-51(42)45-12-7-8-14-49(45)53-50/h4-16,18-22,24-25,27-28,30-32,46H,17,23,26,29H2,1-3H3. The van der Waals surface area contributed by atoms with Crippen LogP contribution in [0, 0.1) is 12.8 Å². The lowest BCUT2D eigenvalue weighted by atomic mass is 9.79. The van der Waals surface area contributed by atoms with Gasteiger partial charge in [-0.05, 0) is 132 Å². The number of aromatic nitrogens is 1. The van der Waals surface area contributed by atoms with Gasteiger partial charge in [-0.25, -0.2) is 0 Å². The molecule has 0 fully saturated rings. The summed E-state index contributed by atoms with van der Waals surface area (Å²) in [6.45, 7) is 6.94. The lowest BCUT2D eigenvalue weighted by Crippen LogP contribution is -2.09. The van der Waals surface area contributed by atoms with Crippen molar-refractivity contribution in [2.75, 3.05) is 0 Å². The summed E-state index contributed by atoms with van der Waals surface area (Å²) in [5, 5.41) is 4.14. The van der Waals surface area contributed by atoms with Crippen LogP contribution < -0.4 is 0 Å². The molecular formula is C51H43NS. The van der Waals surface area contributed by atoms with Gasteiger partial charge in [0.1, 0.15) is 0 Å². The van der Waals surface area contributed by atoms with Crippen LogP contribution in [0.4, 0.5) is 0 Å². The molecule has 0 radical (unpaired) electrons. The molecule has 2 heterocycles. The molecule has 2 unspecified atom stereocenters. The molecule has 258 valence electrons. The van der Waals surface area contributed by atoms with E-state index in [1.54, 1.807) is 0 Å². The highest BCUT2D eigenvalue weighted by Gasteiger charge is 2.26. The number of nitrogens with zero attached hydrogens (tertiary/aromatic N) is 1. The molecule has 2 atom stereocenters. The minimum Gasteiger partial charge on any atom is -0.310 e. The Morgan fingerprint density at radius 1 is 0.717 bits per heavy atom. The van der Waals surface area contributed by atoms with Gasteiger partial charge in [0.2, 0.25) is 0 Å². The molecule has 53 heavy (non-hydrogen) atoms. The van der Waals surface area contributed by atoms with Crippen molar-refractivity contribution < 1.29 is 0 Å². The zero-order chi connectivity index (χ0) is 35.6. The summed E-state index contributed by atoms with van der Waals surface area (Å²) in [5.41, 5.74) is 17.7. The van der Waals surface area contributed by atoms with Gasteiger partial charge in [0, 0.05) is 37.2 Å². The van der Waals surface area contributed by atoms with E-state index in [2.05, 4.69) is 171 Å². The van der Waals surface area contributed by atoms with Gasteiger partial charge in [-0.15, -0.1) is 11.3 Å². The molecule has 0 bridgehead atoms. The molecule has 3 aliphatic carbocycles. The second kappa shape index (κ2) is 12.9. The van der Waals surface area contributed by atoms with Gasteiger partial charge in [-0.3, -0.25) is 0 Å². The first-order chi connectivity index (χ1) is 26.0. The van der Waals surface area contributed by atoms with E-state index in [9.17, 15) is 0 Å². The van der Waals surface area contributed by atoms with Crippen molar-refractivity contribution >= 4 is 54.1 Å². The fourth-order valence-corrected chi connectivity index (χ4v) is 10.3. The van der Waals surface area contributed by atoms with E-state index in [1.807, 2.05) is 11.3 Å². The van der Waals surface area contributed by atoms with Gasteiger partial charge in [-0.1, -0.05) is 122 Å². The number of aryl methyl sites for hydroxylation is 2. The summed E-state index contributed by atoms with van der Waals surface area (Å²) in [4.78, 5) is 0. The van der Waals surface area contributed by atoms with Crippen molar-refractivity contribution in [2.45, 2.75) is 52.4 Å². The van der Waals surface area contributed by atoms with Crippen molar-refractivity contribution in [1.29, 1.82) is 0 Å². The van der Waals surface area contributed by atoms with Crippen molar-refractivity contribution in [2.24, 2.45) is 5.92 Å². The van der Waals surface area contributed by atoms with Gasteiger partial charge in [0.25, 0.3) is 0 Å². The van der Waals surface area contributed by atoms with E-state index in [-0.39, 0.29) is 0 Å². The van der Waals surface area contributed by atoms with Crippen LogP contribution in [-0.2, 0) is 6.42 Å². The molecule has 3 aliphatic rings. The zero-order valence-electron chi connectivity index (χ0n) is 30.7. The predicted octanol–water partition coefficient (Wildman–Crippen LogP) is 14.3. The van der Waals surface area contributed by atoms with Crippen LogP contribution in [0.2, 0.25) is 0 Å². The van der Waals surface area contributed by atoms with Gasteiger partial charge < -0.3 is 4.57 Å². The Morgan fingerprint density at radius 3 is 2.42 bits per heavy atom. The molecule has 1 nitrogen and oxygen atoms in total. The Bertz CT molecular complexity index is 2760. The largest absolute Gasteiger partial charge is 0.310 e. The lowest BCUT2D eigenvalue weighted by Gasteiger charge is -2.26. The molecule has 0 amide bonds. The normalized spacial score (nSPS) is 18.5. The molecule has 2 aromatic heterocycles. The van der Waals surface area contributed by atoms with E-state index in [1.165, 1.54) is 98.1 Å². The molecule has 0 N–H and O–H groups in total. The van der Waals surface area contributed by atoms with E-state index in [4.69, 9.17) is 0 Å². The van der Waals surface area contributed by atoms with Crippen molar-refractivity contribution in [1.82, 2.24) is 4.57 Å². The number of fused-ring (bicyclic) bond motifs is 6. The van der Waals surface area contributed by atoms with Crippen molar-refractivity contribution in [3.63, 3.8) is 0 Å². The van der Waals surface area contributed by atoms with E-state index < -0.39 is 0 Å². The minimum absolute atomic E-state index is 0.336. The Kier molecular flexibility index (Phi) is 7.84. The maximum atomic E-state index is 2.56. The van der Waals surface area contributed by atoms with Crippen LogP contribution in [0.3, 0.4) is 0 Å². The Morgan fingerprint density at radius 2 is 1.57 bits per heavy atom. The van der Waals surface area contributed by atoms with Crippen molar-refractivity contribution in [3.05, 3.63) is 184 Å². The zero-order valence-corrected chi connectivity index (χ0v) is 31.5. The summed E-state index contributed by atoms with van der Waals surface area (Å²) < 4.78 is 5.29. The lowest BCUT2D eigenvalue weighted by molar-refractivity contribution is 0.730. The molecule has 0 saturated heterocycles. The highest BCUT2D eigenvalue weighted by molar-refractivity contribution is 7.25. The SMILES string of the molecule is CC1=CC=C(c2cccc3sc4ccccc4c23)CC1c1ccc(-n2c3c(c4ccc(-c5ccccc5)cc42)CCC(C2=CCC(C)C=C2)=C3)cc1C. The summed E-state index contributed by atoms with van der Waals surface area (Å²) in [6.07, 6.45) is 18.7. The van der Waals surface area contributed by atoms with E-state index in [0.29, 0.717) is 11.8 Å². The monoisotopic (exact) mass is 701 g/mol. The van der Waals surface area contributed by atoms with E-state index >= 15 is 0 Å². The second-order valence-electron chi connectivity index (χ2n) is 15.4. The van der Waals surface area contributed by atoms with Crippen LogP contribution in [0.15, 0.2) is 156 Å². The first-order valence-electron chi connectivity index (χ1n) is 19.2. The Hall–Kier alpha value is -5.44. The summed E-state index contributed by atoms with van der Waals surface area (Å²) in [5.74, 6) is 0.949. The molecule has 7 aromatic rings. The van der Waals surface area contributed by atoms with Crippen LogP contribution in [0.1, 0.15) is 67.0 Å². The number of hydrogen-bond donors (Lipinski definition) is 0. The third kappa shape index (κ3) is 5.51. The highest BCUT2D eigenvalue weighted by atomic mass is 32.1. The fraction of sp³-hybridized carbons (Fsp3) is 0.176. The topological polar surface area (TPSA) is 4.93 Å². The summed E-state index contributed by atoms with van der Waals surface area (Å²) in [6, 6.07) is 40.9. The van der Waals surface area contributed by atoms with Gasteiger partial charge in [0.05, 0.1) is 11.2 Å². The molecule has 0 aliphatic heterocycles. The Labute approximate surface area is 316 Å². The first-order valence-corrected chi connectivity index (χ1v) is 20.0. The van der Waals surface area contributed by atoms with E-state index in [0.717, 1.165) is 25.7 Å². The van der Waals surface area contributed by atoms with Crippen LogP contribution in [-0.4, -0.2) is 4.57 Å². The highest BCUT2D eigenvalue weighted by Crippen LogP contribution is 2.45. The number of benzene rings is 5. The van der Waals surface area contributed by atoms with Gasteiger partial charge in [0.15, 0.2) is 0 Å². The molecule has 0 spiro atoms. The second-order valence-corrected chi connectivity index (χ2v) is 16.5. The average Bonchev–Trinajstić information content (AvgIpc) is 3.74. The maximum absolute atomic E-state index is 2.56. The maximum Gasteiger partial charge on any atom is 0.0543 e. The van der Waals surface area contributed by atoms with Crippen LogP contribution >= 0.6 is 11.3 Å². The molecule has 5 aromatic carbocycles. The third-order valence-corrected chi connectivity index (χ3v) is 13.2. The number of hydrogen-bond acceptors (Lipinski definition) is 1. The first kappa shape index (κ1) is 32.2. The minimum atomic E-state index is 0.336. The van der Waals surface area contributed by atoms with Crippen molar-refractivity contribution in [3.8, 4) is 16.8 Å². The smallest absolute Gasteiger partial charge is 0.0543 e. The average molecular weight is 702 g/mol. The molecule has 0 saturated carbocycles. The molecule has 10 rings (SSSR count). The third-order valence-electron chi connectivity index (χ3n) is 12.0. The molecule has 2 heteroatoms. The fourth-order valence-electron chi connectivity index (χ4n) is 9.15. The Balaban J connectivity index is 1.07. The summed E-state index contributed by atoms with van der Waals surface area (Å²) in [7, 11) is 0. The van der Waals surface area contributed by atoms with Gasteiger partial charge >= 0.3 is 0 Å². The number of rotatable bonds is 5. The number of allylic oxidation sites excluding steroid dienone is 9.